The Bertz CT molecular complexity index is 468. The summed E-state index contributed by atoms with van der Waals surface area (Å²) in [6, 6.07) is 0.198. The van der Waals surface area contributed by atoms with Gasteiger partial charge < -0.3 is 11.1 Å². The minimum Gasteiger partial charge on any atom is -0.327 e. The summed E-state index contributed by atoms with van der Waals surface area (Å²) in [5.74, 6) is 0.00769. The molecule has 2 heterocycles. The molecule has 19 heavy (non-hydrogen) atoms. The second kappa shape index (κ2) is 5.71. The Morgan fingerprint density at radius 3 is 2.84 bits per heavy atom. The van der Waals surface area contributed by atoms with Crippen LogP contribution in [0.3, 0.4) is 0 Å². The van der Waals surface area contributed by atoms with E-state index in [1.807, 2.05) is 20.9 Å². The van der Waals surface area contributed by atoms with Crippen molar-refractivity contribution >= 4 is 11.6 Å². The number of anilines is 1. The van der Waals surface area contributed by atoms with Crippen LogP contribution < -0.4 is 11.1 Å². The Kier molecular flexibility index (Phi) is 4.21. The third-order valence-corrected chi connectivity index (χ3v) is 3.68. The summed E-state index contributed by atoms with van der Waals surface area (Å²) in [6.45, 7) is 6.01. The first kappa shape index (κ1) is 14.0. The number of carbonyl (C=O) groups is 1. The van der Waals surface area contributed by atoms with Gasteiger partial charge in [0.15, 0.2) is 0 Å². The molecule has 1 aromatic heterocycles. The highest BCUT2D eigenvalue weighted by atomic mass is 16.2. The minimum atomic E-state index is 0.00769. The van der Waals surface area contributed by atoms with E-state index in [-0.39, 0.29) is 11.9 Å². The van der Waals surface area contributed by atoms with Crippen LogP contribution in [0.4, 0.5) is 5.69 Å². The third kappa shape index (κ3) is 3.33. The Morgan fingerprint density at radius 1 is 1.53 bits per heavy atom. The topological polar surface area (TPSA) is 76.2 Å². The standard InChI is InChI=1S/C13H23N5O/c1-9-13(10(2)17(3)16-9)15-12(19)8-18-6-4-5-11(14)7-18/h11H,4-8,14H2,1-3H3,(H,15,19). The van der Waals surface area contributed by atoms with E-state index in [1.165, 1.54) is 0 Å². The number of piperidine rings is 1. The van der Waals surface area contributed by atoms with Gasteiger partial charge in [-0.05, 0) is 33.2 Å². The molecule has 0 radical (unpaired) electrons. The highest BCUT2D eigenvalue weighted by Gasteiger charge is 2.20. The van der Waals surface area contributed by atoms with Crippen molar-refractivity contribution in [3.05, 3.63) is 11.4 Å². The van der Waals surface area contributed by atoms with Gasteiger partial charge in [0.05, 0.1) is 23.6 Å². The third-order valence-electron chi connectivity index (χ3n) is 3.68. The van der Waals surface area contributed by atoms with Crippen molar-refractivity contribution in [1.29, 1.82) is 0 Å². The highest BCUT2D eigenvalue weighted by Crippen LogP contribution is 2.18. The number of hydrogen-bond donors (Lipinski definition) is 2. The van der Waals surface area contributed by atoms with Crippen molar-refractivity contribution in [3.63, 3.8) is 0 Å². The van der Waals surface area contributed by atoms with Crippen LogP contribution in [0.15, 0.2) is 0 Å². The van der Waals surface area contributed by atoms with Gasteiger partial charge >= 0.3 is 0 Å². The fourth-order valence-electron chi connectivity index (χ4n) is 2.57. The molecule has 0 saturated carbocycles. The molecule has 1 amide bonds. The largest absolute Gasteiger partial charge is 0.327 e. The van der Waals surface area contributed by atoms with Gasteiger partial charge in [-0.15, -0.1) is 0 Å². The zero-order valence-corrected chi connectivity index (χ0v) is 11.9. The highest BCUT2D eigenvalue weighted by molar-refractivity contribution is 5.93. The van der Waals surface area contributed by atoms with Crippen LogP contribution in [0.1, 0.15) is 24.2 Å². The maximum absolute atomic E-state index is 12.1. The van der Waals surface area contributed by atoms with E-state index in [4.69, 9.17) is 5.73 Å². The molecule has 6 heteroatoms. The van der Waals surface area contributed by atoms with E-state index >= 15 is 0 Å². The number of aryl methyl sites for hydroxylation is 2. The Balaban J connectivity index is 1.94. The maximum Gasteiger partial charge on any atom is 0.238 e. The van der Waals surface area contributed by atoms with E-state index in [0.717, 1.165) is 43.0 Å². The zero-order chi connectivity index (χ0) is 14.0. The summed E-state index contributed by atoms with van der Waals surface area (Å²) in [4.78, 5) is 14.2. The smallest absolute Gasteiger partial charge is 0.238 e. The molecule has 1 aromatic rings. The molecule has 1 atom stereocenters. The summed E-state index contributed by atoms with van der Waals surface area (Å²) in [6.07, 6.45) is 2.12. The number of hydrogen-bond acceptors (Lipinski definition) is 4. The van der Waals surface area contributed by atoms with E-state index in [1.54, 1.807) is 4.68 Å². The van der Waals surface area contributed by atoms with Crippen molar-refractivity contribution in [2.24, 2.45) is 12.8 Å². The monoisotopic (exact) mass is 265 g/mol. The van der Waals surface area contributed by atoms with Crippen LogP contribution in [-0.4, -0.2) is 46.3 Å². The number of aromatic nitrogens is 2. The fourth-order valence-corrected chi connectivity index (χ4v) is 2.57. The van der Waals surface area contributed by atoms with Gasteiger partial charge in [0, 0.05) is 19.6 Å². The number of rotatable bonds is 3. The van der Waals surface area contributed by atoms with E-state index in [2.05, 4.69) is 15.3 Å². The molecule has 1 aliphatic rings. The van der Waals surface area contributed by atoms with Crippen molar-refractivity contribution in [1.82, 2.24) is 14.7 Å². The second-order valence-electron chi connectivity index (χ2n) is 5.36. The van der Waals surface area contributed by atoms with Crippen LogP contribution in [0.25, 0.3) is 0 Å². The van der Waals surface area contributed by atoms with Crippen molar-refractivity contribution < 1.29 is 4.79 Å². The van der Waals surface area contributed by atoms with Gasteiger partial charge in [0.2, 0.25) is 5.91 Å². The molecule has 0 bridgehead atoms. The number of nitrogens with one attached hydrogen (secondary N) is 1. The molecular weight excluding hydrogens is 242 g/mol. The molecule has 0 spiro atoms. The SMILES string of the molecule is Cc1nn(C)c(C)c1NC(=O)CN1CCCC(N)C1. The number of nitrogens with zero attached hydrogens (tertiary/aromatic N) is 3. The molecule has 106 valence electrons. The van der Waals surface area contributed by atoms with Gasteiger partial charge in [-0.3, -0.25) is 14.4 Å². The van der Waals surface area contributed by atoms with E-state index in [9.17, 15) is 4.79 Å². The molecule has 1 unspecified atom stereocenters. The average molecular weight is 265 g/mol. The molecule has 6 nitrogen and oxygen atoms in total. The van der Waals surface area contributed by atoms with Crippen LogP contribution in [0.2, 0.25) is 0 Å². The number of carbonyl (C=O) groups excluding carboxylic acids is 1. The summed E-state index contributed by atoms with van der Waals surface area (Å²) in [7, 11) is 1.88. The minimum absolute atomic E-state index is 0.00769. The lowest BCUT2D eigenvalue weighted by molar-refractivity contribution is -0.117. The first-order valence-electron chi connectivity index (χ1n) is 6.75. The molecular formula is C13H23N5O. The van der Waals surface area contributed by atoms with Gasteiger partial charge in [-0.2, -0.15) is 5.10 Å². The van der Waals surface area contributed by atoms with Crippen molar-refractivity contribution in [2.45, 2.75) is 32.7 Å². The summed E-state index contributed by atoms with van der Waals surface area (Å²) < 4.78 is 1.78. The van der Waals surface area contributed by atoms with Crippen molar-refractivity contribution in [2.75, 3.05) is 25.0 Å². The van der Waals surface area contributed by atoms with Gasteiger partial charge in [0.25, 0.3) is 0 Å². The van der Waals surface area contributed by atoms with Gasteiger partial charge in [-0.25, -0.2) is 0 Å². The van der Waals surface area contributed by atoms with E-state index < -0.39 is 0 Å². The van der Waals surface area contributed by atoms with E-state index in [0.29, 0.717) is 6.54 Å². The predicted octanol–water partition coefficient (Wildman–Crippen LogP) is 0.399. The van der Waals surface area contributed by atoms with Gasteiger partial charge in [-0.1, -0.05) is 0 Å². The average Bonchev–Trinajstić information content (AvgIpc) is 2.56. The second-order valence-corrected chi connectivity index (χ2v) is 5.36. The van der Waals surface area contributed by atoms with Crippen molar-refractivity contribution in [3.8, 4) is 0 Å². The number of nitrogens with two attached hydrogens (primary N) is 1. The molecule has 0 aromatic carbocycles. The maximum atomic E-state index is 12.1. The van der Waals surface area contributed by atoms with Crippen LogP contribution in [-0.2, 0) is 11.8 Å². The first-order valence-corrected chi connectivity index (χ1v) is 6.75. The molecule has 2 rings (SSSR count). The summed E-state index contributed by atoms with van der Waals surface area (Å²) >= 11 is 0. The Labute approximate surface area is 113 Å². The summed E-state index contributed by atoms with van der Waals surface area (Å²) in [5.41, 5.74) is 8.57. The Morgan fingerprint density at radius 2 is 2.26 bits per heavy atom. The normalized spacial score (nSPS) is 20.5. The first-order chi connectivity index (χ1) is 8.97. The molecule has 0 aliphatic carbocycles. The summed E-state index contributed by atoms with van der Waals surface area (Å²) in [5, 5.41) is 7.25. The Hall–Kier alpha value is -1.40. The zero-order valence-electron chi connectivity index (χ0n) is 11.9. The lowest BCUT2D eigenvalue weighted by atomic mass is 10.1. The molecule has 1 saturated heterocycles. The molecule has 3 N–H and O–H groups in total. The predicted molar refractivity (Wildman–Crippen MR) is 75.0 cm³/mol. The van der Waals surface area contributed by atoms with Crippen LogP contribution in [0.5, 0.6) is 0 Å². The molecule has 1 fully saturated rings. The van der Waals surface area contributed by atoms with Gasteiger partial charge in [0.1, 0.15) is 0 Å². The quantitative estimate of drug-likeness (QED) is 0.829. The van der Waals surface area contributed by atoms with Crippen LogP contribution in [0, 0.1) is 13.8 Å². The molecule has 1 aliphatic heterocycles. The number of likely N-dealkylation sites (tertiary alicyclic amines) is 1. The lowest BCUT2D eigenvalue weighted by Gasteiger charge is -2.29. The van der Waals surface area contributed by atoms with Crippen LogP contribution >= 0.6 is 0 Å². The lowest BCUT2D eigenvalue weighted by Crippen LogP contribution is -2.45. The number of amides is 1. The fraction of sp³-hybridized carbons (Fsp3) is 0.692.